The first kappa shape index (κ1) is 14.1. The maximum absolute atomic E-state index is 12.0. The van der Waals surface area contributed by atoms with Crippen LogP contribution >= 0.6 is 0 Å². The van der Waals surface area contributed by atoms with Gasteiger partial charge in [-0.3, -0.25) is 4.79 Å². The van der Waals surface area contributed by atoms with Gasteiger partial charge in [-0.2, -0.15) is 0 Å². The molecule has 0 bridgehead atoms. The summed E-state index contributed by atoms with van der Waals surface area (Å²) in [5.41, 5.74) is 0. The second-order valence-electron chi connectivity index (χ2n) is 5.41. The van der Waals surface area contributed by atoms with E-state index in [4.69, 9.17) is 5.11 Å². The molecule has 0 radical (unpaired) electrons. The summed E-state index contributed by atoms with van der Waals surface area (Å²) in [6.07, 6.45) is 4.44. The van der Waals surface area contributed by atoms with Crippen LogP contribution in [0.4, 0.5) is 4.79 Å². The molecule has 2 rings (SSSR count). The lowest BCUT2D eigenvalue weighted by Crippen LogP contribution is -2.51. The van der Waals surface area contributed by atoms with Gasteiger partial charge in [0.25, 0.3) is 0 Å². The Morgan fingerprint density at radius 1 is 1.37 bits per heavy atom. The number of amides is 2. The minimum absolute atomic E-state index is 0.190. The molecule has 2 N–H and O–H groups in total. The van der Waals surface area contributed by atoms with Crippen LogP contribution in [0.15, 0.2) is 0 Å². The molecule has 19 heavy (non-hydrogen) atoms. The van der Waals surface area contributed by atoms with E-state index in [2.05, 4.69) is 10.2 Å². The molecule has 0 saturated carbocycles. The number of nitrogens with one attached hydrogen (secondary N) is 1. The highest BCUT2D eigenvalue weighted by atomic mass is 16.4. The summed E-state index contributed by atoms with van der Waals surface area (Å²) >= 11 is 0. The van der Waals surface area contributed by atoms with Crippen molar-refractivity contribution in [1.82, 2.24) is 15.1 Å². The number of rotatable bonds is 4. The molecule has 2 atom stereocenters. The molecule has 0 aromatic carbocycles. The molecule has 0 aliphatic carbocycles. The highest BCUT2D eigenvalue weighted by molar-refractivity contribution is 5.80. The van der Waals surface area contributed by atoms with Gasteiger partial charge in [-0.15, -0.1) is 0 Å². The zero-order chi connectivity index (χ0) is 13.8. The summed E-state index contributed by atoms with van der Waals surface area (Å²) in [4.78, 5) is 26.5. The van der Waals surface area contributed by atoms with Gasteiger partial charge >= 0.3 is 12.0 Å². The average Bonchev–Trinajstić information content (AvgIpc) is 2.82. The summed E-state index contributed by atoms with van der Waals surface area (Å²) in [6.45, 7) is 4.21. The predicted octanol–water partition coefficient (Wildman–Crippen LogP) is 0.729. The minimum atomic E-state index is -0.970. The van der Waals surface area contributed by atoms with Crippen molar-refractivity contribution < 1.29 is 14.7 Å². The third-order valence-corrected chi connectivity index (χ3v) is 4.14. The van der Waals surface area contributed by atoms with Gasteiger partial charge in [0, 0.05) is 25.2 Å². The Morgan fingerprint density at radius 2 is 2.16 bits per heavy atom. The second kappa shape index (κ2) is 6.23. The minimum Gasteiger partial charge on any atom is -0.480 e. The Balaban J connectivity index is 1.82. The van der Waals surface area contributed by atoms with Crippen molar-refractivity contribution in [2.75, 3.05) is 26.2 Å². The smallest absolute Gasteiger partial charge is 0.323 e. The molecule has 2 saturated heterocycles. The van der Waals surface area contributed by atoms with Crippen molar-refractivity contribution in [1.29, 1.82) is 0 Å². The summed E-state index contributed by atoms with van der Waals surface area (Å²) < 4.78 is 0. The second-order valence-corrected chi connectivity index (χ2v) is 5.41. The van der Waals surface area contributed by atoms with Crippen molar-refractivity contribution >= 4 is 12.0 Å². The maximum atomic E-state index is 12.0. The molecular weight excluding hydrogens is 246 g/mol. The number of hydrogen-bond donors (Lipinski definition) is 2. The molecule has 2 aliphatic rings. The van der Waals surface area contributed by atoms with E-state index in [-0.39, 0.29) is 18.6 Å². The van der Waals surface area contributed by atoms with Gasteiger partial charge in [-0.25, -0.2) is 4.79 Å². The number of hydrogen-bond acceptors (Lipinski definition) is 3. The van der Waals surface area contributed by atoms with E-state index in [1.807, 2.05) is 0 Å². The molecule has 2 unspecified atom stereocenters. The summed E-state index contributed by atoms with van der Waals surface area (Å²) in [5.74, 6) is -0.970. The standard InChI is InChI=1S/C13H23N3O3/c1-2-15(9-12(17)18)13(19)14-10-5-7-16-6-3-4-11(16)8-10/h10-11H,2-9H2,1H3,(H,14,19)(H,17,18). The molecule has 2 amide bonds. The average molecular weight is 269 g/mol. The van der Waals surface area contributed by atoms with E-state index in [1.54, 1.807) is 6.92 Å². The number of carboxylic acid groups (broad SMARTS) is 1. The number of piperidine rings is 1. The molecule has 0 aromatic rings. The predicted molar refractivity (Wildman–Crippen MR) is 71.0 cm³/mol. The maximum Gasteiger partial charge on any atom is 0.323 e. The van der Waals surface area contributed by atoms with E-state index in [0.29, 0.717) is 12.6 Å². The summed E-state index contributed by atoms with van der Waals surface area (Å²) in [6, 6.07) is 0.546. The Labute approximate surface area is 113 Å². The van der Waals surface area contributed by atoms with Gasteiger partial charge in [-0.05, 0) is 39.2 Å². The lowest BCUT2D eigenvalue weighted by Gasteiger charge is -2.35. The zero-order valence-corrected chi connectivity index (χ0v) is 11.5. The van der Waals surface area contributed by atoms with Crippen LogP contribution < -0.4 is 5.32 Å². The Kier molecular flexibility index (Phi) is 4.63. The highest BCUT2D eigenvalue weighted by Crippen LogP contribution is 2.26. The number of carboxylic acids is 1. The highest BCUT2D eigenvalue weighted by Gasteiger charge is 2.32. The Hall–Kier alpha value is -1.30. The van der Waals surface area contributed by atoms with Crippen LogP contribution in [0.25, 0.3) is 0 Å². The molecule has 0 spiro atoms. The van der Waals surface area contributed by atoms with Crippen LogP contribution in [-0.4, -0.2) is 65.2 Å². The number of aliphatic carboxylic acids is 1. The van der Waals surface area contributed by atoms with Gasteiger partial charge in [0.15, 0.2) is 0 Å². The monoisotopic (exact) mass is 269 g/mol. The van der Waals surface area contributed by atoms with Gasteiger partial charge in [0.2, 0.25) is 0 Å². The van der Waals surface area contributed by atoms with Gasteiger partial charge in [0.1, 0.15) is 6.54 Å². The molecule has 6 nitrogen and oxygen atoms in total. The SMILES string of the molecule is CCN(CC(=O)O)C(=O)NC1CCN2CCCC2C1. The van der Waals surface area contributed by atoms with E-state index in [9.17, 15) is 9.59 Å². The Morgan fingerprint density at radius 3 is 2.84 bits per heavy atom. The van der Waals surface area contributed by atoms with Gasteiger partial charge in [-0.1, -0.05) is 0 Å². The van der Waals surface area contributed by atoms with Crippen molar-refractivity contribution in [2.45, 2.75) is 44.7 Å². The van der Waals surface area contributed by atoms with E-state index in [1.165, 1.54) is 24.3 Å². The molecule has 108 valence electrons. The van der Waals surface area contributed by atoms with Crippen LogP contribution in [0.2, 0.25) is 0 Å². The normalized spacial score (nSPS) is 26.8. The number of nitrogens with zero attached hydrogens (tertiary/aromatic N) is 2. The van der Waals surface area contributed by atoms with Crippen molar-refractivity contribution in [3.05, 3.63) is 0 Å². The van der Waals surface area contributed by atoms with Crippen LogP contribution in [0, 0.1) is 0 Å². The van der Waals surface area contributed by atoms with Crippen molar-refractivity contribution in [3.63, 3.8) is 0 Å². The van der Waals surface area contributed by atoms with Gasteiger partial charge in [0.05, 0.1) is 0 Å². The third-order valence-electron chi connectivity index (χ3n) is 4.14. The number of carbonyl (C=O) groups is 2. The number of likely N-dealkylation sites (N-methyl/N-ethyl adjacent to an activating group) is 1. The van der Waals surface area contributed by atoms with E-state index < -0.39 is 5.97 Å². The molecule has 2 heterocycles. The summed E-state index contributed by atoms with van der Waals surface area (Å²) in [5, 5.41) is 11.7. The molecule has 2 fully saturated rings. The van der Waals surface area contributed by atoms with Crippen molar-refractivity contribution in [3.8, 4) is 0 Å². The first-order valence-electron chi connectivity index (χ1n) is 7.11. The molecule has 0 aromatic heterocycles. The van der Waals surface area contributed by atoms with Crippen molar-refractivity contribution in [2.24, 2.45) is 0 Å². The first-order valence-corrected chi connectivity index (χ1v) is 7.11. The summed E-state index contributed by atoms with van der Waals surface area (Å²) in [7, 11) is 0. The van der Waals surface area contributed by atoms with Crippen LogP contribution in [0.3, 0.4) is 0 Å². The zero-order valence-electron chi connectivity index (χ0n) is 11.5. The Bertz CT molecular complexity index is 348. The molecule has 2 aliphatic heterocycles. The number of fused-ring (bicyclic) bond motifs is 1. The topological polar surface area (TPSA) is 72.9 Å². The third kappa shape index (κ3) is 3.59. The fourth-order valence-corrected chi connectivity index (χ4v) is 3.11. The molecule has 6 heteroatoms. The fraction of sp³-hybridized carbons (Fsp3) is 0.846. The number of urea groups is 1. The van der Waals surface area contributed by atoms with Crippen LogP contribution in [0.5, 0.6) is 0 Å². The molecular formula is C13H23N3O3. The lowest BCUT2D eigenvalue weighted by molar-refractivity contribution is -0.137. The number of carbonyl (C=O) groups excluding carboxylic acids is 1. The quantitative estimate of drug-likeness (QED) is 0.789. The van der Waals surface area contributed by atoms with Crippen LogP contribution in [0.1, 0.15) is 32.6 Å². The van der Waals surface area contributed by atoms with E-state index in [0.717, 1.165) is 19.4 Å². The largest absolute Gasteiger partial charge is 0.480 e. The first-order chi connectivity index (χ1) is 9.10. The van der Waals surface area contributed by atoms with Crippen LogP contribution in [-0.2, 0) is 4.79 Å². The fourth-order valence-electron chi connectivity index (χ4n) is 3.11. The van der Waals surface area contributed by atoms with E-state index >= 15 is 0 Å². The van der Waals surface area contributed by atoms with Gasteiger partial charge < -0.3 is 20.2 Å². The lowest BCUT2D eigenvalue weighted by atomic mass is 9.98.